The maximum atomic E-state index is 12.4. The predicted molar refractivity (Wildman–Crippen MR) is 106 cm³/mol. The van der Waals surface area contributed by atoms with E-state index in [2.05, 4.69) is 25.8 Å². The summed E-state index contributed by atoms with van der Waals surface area (Å²) < 4.78 is 0.766. The topological polar surface area (TPSA) is 79.8 Å². The molecule has 2 heterocycles. The number of thioether (sulfide) groups is 1. The third-order valence-corrected chi connectivity index (χ3v) is 6.01. The molecule has 1 atom stereocenters. The highest BCUT2D eigenvalue weighted by atomic mass is 32.2. The molecule has 0 aliphatic heterocycles. The Morgan fingerprint density at radius 1 is 1.24 bits per heavy atom. The number of carbonyl (C=O) groups excluding carboxylic acids is 1. The quantitative estimate of drug-likeness (QED) is 0.587. The minimum Gasteiger partial charge on any atom is -0.360 e. The Morgan fingerprint density at radius 2 is 2.04 bits per heavy atom. The van der Waals surface area contributed by atoms with Crippen LogP contribution in [0.4, 0.5) is 10.3 Å². The van der Waals surface area contributed by atoms with Gasteiger partial charge in [-0.15, -0.1) is 21.5 Å². The van der Waals surface area contributed by atoms with Crippen molar-refractivity contribution in [3.63, 3.8) is 0 Å². The van der Waals surface area contributed by atoms with Crippen molar-refractivity contribution in [2.24, 2.45) is 0 Å². The Bertz CT molecular complexity index is 833. The molecule has 25 heavy (non-hydrogen) atoms. The van der Waals surface area contributed by atoms with Crippen LogP contribution in [0.5, 0.6) is 0 Å². The highest BCUT2D eigenvalue weighted by Crippen LogP contribution is 2.30. The van der Waals surface area contributed by atoms with Crippen molar-refractivity contribution in [2.75, 3.05) is 17.2 Å². The van der Waals surface area contributed by atoms with E-state index in [0.29, 0.717) is 5.13 Å². The highest BCUT2D eigenvalue weighted by Gasteiger charge is 2.18. The van der Waals surface area contributed by atoms with E-state index >= 15 is 0 Å². The number of nitrogens with one attached hydrogen (secondary N) is 2. The molecule has 0 radical (unpaired) electrons. The van der Waals surface area contributed by atoms with Gasteiger partial charge in [0.2, 0.25) is 11.0 Å². The smallest absolute Gasteiger partial charge is 0.239 e. The molecule has 0 aliphatic rings. The molecule has 2 N–H and O–H groups in total. The van der Waals surface area contributed by atoms with Gasteiger partial charge in [0.05, 0.1) is 10.9 Å². The SMILES string of the molecule is CCNc1nnc(S[C@H](C)C(=O)Nc2nc(-c3ccccc3)cs2)s1. The summed E-state index contributed by atoms with van der Waals surface area (Å²) in [4.78, 5) is 16.9. The number of carbonyl (C=O) groups is 1. The summed E-state index contributed by atoms with van der Waals surface area (Å²) in [5, 5.41) is 17.1. The molecule has 9 heteroatoms. The monoisotopic (exact) mass is 391 g/mol. The molecule has 1 aromatic carbocycles. The zero-order valence-corrected chi connectivity index (χ0v) is 16.2. The number of rotatable bonds is 7. The normalized spacial score (nSPS) is 11.9. The van der Waals surface area contributed by atoms with Crippen LogP contribution < -0.4 is 10.6 Å². The minimum atomic E-state index is -0.286. The van der Waals surface area contributed by atoms with E-state index in [9.17, 15) is 4.79 Å². The first kappa shape index (κ1) is 17.8. The van der Waals surface area contributed by atoms with Gasteiger partial charge in [-0.25, -0.2) is 4.98 Å². The second kappa shape index (κ2) is 8.41. The number of hydrogen-bond donors (Lipinski definition) is 2. The maximum Gasteiger partial charge on any atom is 0.239 e. The van der Waals surface area contributed by atoms with Crippen LogP contribution in [-0.2, 0) is 4.79 Å². The van der Waals surface area contributed by atoms with E-state index in [1.54, 1.807) is 0 Å². The average Bonchev–Trinajstić information content (AvgIpc) is 3.26. The Kier molecular flexibility index (Phi) is 6.00. The molecule has 0 unspecified atom stereocenters. The van der Waals surface area contributed by atoms with Gasteiger partial charge >= 0.3 is 0 Å². The van der Waals surface area contributed by atoms with Crippen molar-refractivity contribution in [1.29, 1.82) is 0 Å². The average molecular weight is 392 g/mol. The first-order valence-corrected chi connectivity index (χ1v) is 10.3. The fraction of sp³-hybridized carbons (Fsp3) is 0.250. The molecule has 0 saturated heterocycles. The van der Waals surface area contributed by atoms with Gasteiger partial charge in [-0.1, -0.05) is 53.4 Å². The predicted octanol–water partition coefficient (Wildman–Crippen LogP) is 4.21. The van der Waals surface area contributed by atoms with Gasteiger partial charge < -0.3 is 10.6 Å². The fourth-order valence-electron chi connectivity index (χ4n) is 1.96. The lowest BCUT2D eigenvalue weighted by Crippen LogP contribution is -2.22. The lowest BCUT2D eigenvalue weighted by molar-refractivity contribution is -0.115. The molecule has 1 amide bonds. The van der Waals surface area contributed by atoms with Gasteiger partial charge in [0, 0.05) is 17.5 Å². The minimum absolute atomic E-state index is 0.0980. The van der Waals surface area contributed by atoms with Crippen molar-refractivity contribution in [3.05, 3.63) is 35.7 Å². The number of amides is 1. The summed E-state index contributed by atoms with van der Waals surface area (Å²) in [6.45, 7) is 4.64. The van der Waals surface area contributed by atoms with E-state index in [1.165, 1.54) is 34.4 Å². The van der Waals surface area contributed by atoms with E-state index in [4.69, 9.17) is 0 Å². The van der Waals surface area contributed by atoms with Crippen LogP contribution >= 0.6 is 34.4 Å². The maximum absolute atomic E-state index is 12.4. The van der Waals surface area contributed by atoms with Crippen molar-refractivity contribution in [3.8, 4) is 11.3 Å². The standard InChI is InChI=1S/C16H17N5OS3/c1-3-17-14-20-21-16(25-14)24-10(2)13(22)19-15-18-12(9-23-15)11-7-5-4-6-8-11/h4-10H,3H2,1-2H3,(H,17,20)(H,18,19,22)/t10-/m1/s1. The van der Waals surface area contributed by atoms with E-state index < -0.39 is 0 Å². The van der Waals surface area contributed by atoms with Crippen LogP contribution in [0.3, 0.4) is 0 Å². The third-order valence-electron chi connectivity index (χ3n) is 3.19. The molecule has 6 nitrogen and oxygen atoms in total. The summed E-state index contributed by atoms with van der Waals surface area (Å²) in [6, 6.07) is 9.89. The Hall–Kier alpha value is -1.97. The van der Waals surface area contributed by atoms with E-state index in [1.807, 2.05) is 49.6 Å². The molecule has 3 rings (SSSR count). The van der Waals surface area contributed by atoms with Crippen LogP contribution in [-0.4, -0.2) is 32.9 Å². The number of hydrogen-bond acceptors (Lipinski definition) is 8. The molecule has 0 spiro atoms. The lowest BCUT2D eigenvalue weighted by atomic mass is 10.2. The van der Waals surface area contributed by atoms with Crippen LogP contribution in [0.25, 0.3) is 11.3 Å². The number of benzene rings is 1. The molecular formula is C16H17N5OS3. The summed E-state index contributed by atoms with van der Waals surface area (Å²) >= 11 is 4.26. The molecule has 2 aromatic heterocycles. The van der Waals surface area contributed by atoms with Gasteiger partial charge in [-0.3, -0.25) is 4.79 Å². The van der Waals surface area contributed by atoms with Gasteiger partial charge in [-0.2, -0.15) is 0 Å². The Balaban J connectivity index is 1.59. The lowest BCUT2D eigenvalue weighted by Gasteiger charge is -2.07. The molecule has 0 bridgehead atoms. The first-order chi connectivity index (χ1) is 12.2. The van der Waals surface area contributed by atoms with Crippen LogP contribution in [0.2, 0.25) is 0 Å². The van der Waals surface area contributed by atoms with Gasteiger partial charge in [0.15, 0.2) is 9.47 Å². The molecule has 0 saturated carbocycles. The van der Waals surface area contributed by atoms with Gasteiger partial charge in [0.25, 0.3) is 0 Å². The molecule has 0 aliphatic carbocycles. The second-order valence-corrected chi connectivity index (χ2v) is 8.48. The van der Waals surface area contributed by atoms with Crippen LogP contribution in [0.15, 0.2) is 40.1 Å². The number of anilines is 2. The number of thiazole rings is 1. The highest BCUT2D eigenvalue weighted by molar-refractivity contribution is 8.02. The van der Waals surface area contributed by atoms with Crippen LogP contribution in [0.1, 0.15) is 13.8 Å². The summed E-state index contributed by atoms with van der Waals surface area (Å²) in [6.07, 6.45) is 0. The molecular weight excluding hydrogens is 374 g/mol. The first-order valence-electron chi connectivity index (χ1n) is 7.71. The molecule has 130 valence electrons. The summed E-state index contributed by atoms with van der Waals surface area (Å²) in [7, 11) is 0. The van der Waals surface area contributed by atoms with Gasteiger partial charge in [-0.05, 0) is 13.8 Å². The van der Waals surface area contributed by atoms with Crippen molar-refractivity contribution >= 4 is 50.6 Å². The van der Waals surface area contributed by atoms with Gasteiger partial charge in [0.1, 0.15) is 0 Å². The van der Waals surface area contributed by atoms with E-state index in [0.717, 1.165) is 27.3 Å². The second-order valence-electron chi connectivity index (χ2n) is 5.06. The van der Waals surface area contributed by atoms with Crippen LogP contribution in [0, 0.1) is 0 Å². The number of aromatic nitrogens is 3. The van der Waals surface area contributed by atoms with Crippen molar-refractivity contribution in [1.82, 2.24) is 15.2 Å². The Morgan fingerprint density at radius 3 is 2.80 bits per heavy atom. The zero-order valence-electron chi connectivity index (χ0n) is 13.7. The molecule has 0 fully saturated rings. The largest absolute Gasteiger partial charge is 0.360 e. The zero-order chi connectivity index (χ0) is 17.6. The number of nitrogens with zero attached hydrogens (tertiary/aromatic N) is 3. The summed E-state index contributed by atoms with van der Waals surface area (Å²) in [5.74, 6) is -0.0980. The Labute approximate surface area is 158 Å². The van der Waals surface area contributed by atoms with Crippen molar-refractivity contribution in [2.45, 2.75) is 23.4 Å². The fourth-order valence-corrected chi connectivity index (χ4v) is 4.65. The molecule has 3 aromatic rings. The van der Waals surface area contributed by atoms with Crippen molar-refractivity contribution < 1.29 is 4.79 Å². The third kappa shape index (κ3) is 4.77. The van der Waals surface area contributed by atoms with E-state index in [-0.39, 0.29) is 11.2 Å². The summed E-state index contributed by atoms with van der Waals surface area (Å²) in [5.41, 5.74) is 1.90.